The summed E-state index contributed by atoms with van der Waals surface area (Å²) in [4.78, 5) is 12.4. The molecule has 3 rings (SSSR count). The molecule has 13 heteroatoms. The van der Waals surface area contributed by atoms with Gasteiger partial charge < -0.3 is 15.8 Å². The Bertz CT molecular complexity index is 1070. The highest BCUT2D eigenvalue weighted by Gasteiger charge is 2.30. The molecule has 0 fully saturated rings. The van der Waals surface area contributed by atoms with Gasteiger partial charge in [0, 0.05) is 13.1 Å². The van der Waals surface area contributed by atoms with Gasteiger partial charge in [0.1, 0.15) is 11.6 Å². The highest BCUT2D eigenvalue weighted by atomic mass is 35.5. The van der Waals surface area contributed by atoms with E-state index >= 15 is 0 Å². The molecule has 0 amide bonds. The van der Waals surface area contributed by atoms with Crippen molar-refractivity contribution in [3.63, 3.8) is 0 Å². The third-order valence-corrected chi connectivity index (χ3v) is 4.06. The standard InChI is InChI=1S/C19H16ClF4N7O/c20-13-2-1-3-14(21)15(13)16-28-17(26-9-8-25)30-18(29-16)31-27-10-11-4-6-12(7-5-11)32-19(22,23)24/h1-7,10H,8-9,25H2,(H2,26,28,29,30,31)/b27-10+. The summed E-state index contributed by atoms with van der Waals surface area (Å²) < 4.78 is 54.8. The molecule has 0 aliphatic heterocycles. The molecule has 0 atom stereocenters. The van der Waals surface area contributed by atoms with Gasteiger partial charge in [0.25, 0.3) is 0 Å². The smallest absolute Gasteiger partial charge is 0.406 e. The number of hydrogen-bond donors (Lipinski definition) is 3. The van der Waals surface area contributed by atoms with Crippen molar-refractivity contribution in [3.8, 4) is 17.1 Å². The fourth-order valence-corrected chi connectivity index (χ4v) is 2.68. The number of aromatic nitrogens is 3. The number of ether oxygens (including phenoxy) is 1. The van der Waals surface area contributed by atoms with Gasteiger partial charge in [0.15, 0.2) is 5.82 Å². The van der Waals surface area contributed by atoms with E-state index in [4.69, 9.17) is 17.3 Å². The van der Waals surface area contributed by atoms with Gasteiger partial charge >= 0.3 is 6.36 Å². The molecule has 0 bridgehead atoms. The first-order valence-corrected chi connectivity index (χ1v) is 9.42. The van der Waals surface area contributed by atoms with Crippen LogP contribution in [0, 0.1) is 5.82 Å². The Balaban J connectivity index is 1.81. The molecule has 0 saturated heterocycles. The van der Waals surface area contributed by atoms with Gasteiger partial charge in [-0.15, -0.1) is 13.2 Å². The van der Waals surface area contributed by atoms with Gasteiger partial charge in [-0.3, -0.25) is 0 Å². The van der Waals surface area contributed by atoms with Crippen LogP contribution in [0.2, 0.25) is 5.02 Å². The van der Waals surface area contributed by atoms with Crippen LogP contribution in [0.5, 0.6) is 5.75 Å². The highest BCUT2D eigenvalue weighted by Crippen LogP contribution is 2.29. The number of benzene rings is 2. The molecule has 0 radical (unpaired) electrons. The molecule has 0 saturated carbocycles. The summed E-state index contributed by atoms with van der Waals surface area (Å²) in [5.41, 5.74) is 8.50. The molecule has 3 aromatic rings. The van der Waals surface area contributed by atoms with E-state index in [1.54, 1.807) is 0 Å². The molecular formula is C19H16ClF4N7O. The maximum absolute atomic E-state index is 14.3. The van der Waals surface area contributed by atoms with Crippen LogP contribution < -0.4 is 21.2 Å². The number of hydrogen-bond acceptors (Lipinski definition) is 8. The molecule has 0 spiro atoms. The van der Waals surface area contributed by atoms with Crippen LogP contribution in [-0.2, 0) is 0 Å². The van der Waals surface area contributed by atoms with Gasteiger partial charge in [-0.25, -0.2) is 9.82 Å². The zero-order valence-corrected chi connectivity index (χ0v) is 17.0. The fraction of sp³-hybridized carbons (Fsp3) is 0.158. The summed E-state index contributed by atoms with van der Waals surface area (Å²) in [5.74, 6) is -0.923. The third kappa shape index (κ3) is 6.49. The SMILES string of the molecule is NCCNc1nc(N/N=C/c2ccc(OC(F)(F)F)cc2)nc(-c2c(F)cccc2Cl)n1. The van der Waals surface area contributed by atoms with Crippen LogP contribution in [0.4, 0.5) is 29.5 Å². The van der Waals surface area contributed by atoms with Crippen molar-refractivity contribution in [2.45, 2.75) is 6.36 Å². The number of anilines is 2. The van der Waals surface area contributed by atoms with Crippen LogP contribution in [0.25, 0.3) is 11.4 Å². The van der Waals surface area contributed by atoms with Crippen molar-refractivity contribution < 1.29 is 22.3 Å². The average molecular weight is 470 g/mol. The molecule has 4 N–H and O–H groups in total. The second-order valence-corrected chi connectivity index (χ2v) is 6.51. The Labute approximate surface area is 184 Å². The van der Waals surface area contributed by atoms with Crippen molar-refractivity contribution in [2.24, 2.45) is 10.8 Å². The number of alkyl halides is 3. The van der Waals surface area contributed by atoms with E-state index in [0.29, 0.717) is 18.7 Å². The van der Waals surface area contributed by atoms with E-state index < -0.39 is 12.2 Å². The molecule has 2 aromatic carbocycles. The minimum Gasteiger partial charge on any atom is -0.406 e. The fourth-order valence-electron chi connectivity index (χ4n) is 2.43. The average Bonchev–Trinajstić information content (AvgIpc) is 2.72. The number of nitrogens with two attached hydrogens (primary N) is 1. The summed E-state index contributed by atoms with van der Waals surface area (Å²) in [6, 6.07) is 9.20. The maximum atomic E-state index is 14.3. The number of nitrogens with one attached hydrogen (secondary N) is 2. The van der Waals surface area contributed by atoms with Gasteiger partial charge in [-0.05, 0) is 42.0 Å². The lowest BCUT2D eigenvalue weighted by Gasteiger charge is -2.10. The predicted octanol–water partition coefficient (Wildman–Crippen LogP) is 4.05. The lowest BCUT2D eigenvalue weighted by molar-refractivity contribution is -0.274. The molecule has 8 nitrogen and oxygen atoms in total. The molecule has 32 heavy (non-hydrogen) atoms. The second-order valence-electron chi connectivity index (χ2n) is 6.11. The Kier molecular flexibility index (Phi) is 7.38. The molecule has 1 heterocycles. The Morgan fingerprint density at radius 2 is 1.78 bits per heavy atom. The normalized spacial score (nSPS) is 11.6. The van der Waals surface area contributed by atoms with E-state index in [0.717, 1.165) is 12.1 Å². The summed E-state index contributed by atoms with van der Waals surface area (Å²) in [6.07, 6.45) is -3.45. The number of halogens is 5. The Morgan fingerprint density at radius 1 is 1.06 bits per heavy atom. The van der Waals surface area contributed by atoms with Crippen LogP contribution >= 0.6 is 11.6 Å². The van der Waals surface area contributed by atoms with Gasteiger partial charge in [-0.1, -0.05) is 17.7 Å². The Hall–Kier alpha value is -3.51. The molecule has 0 aliphatic carbocycles. The number of nitrogens with zero attached hydrogens (tertiary/aromatic N) is 4. The molecule has 0 unspecified atom stereocenters. The number of hydrazone groups is 1. The quantitative estimate of drug-likeness (QED) is 0.259. The van der Waals surface area contributed by atoms with Crippen LogP contribution in [0.3, 0.4) is 0 Å². The number of rotatable bonds is 8. The molecule has 168 valence electrons. The summed E-state index contributed by atoms with van der Waals surface area (Å²) in [7, 11) is 0. The van der Waals surface area contributed by atoms with Crippen LogP contribution in [0.15, 0.2) is 47.6 Å². The summed E-state index contributed by atoms with van der Waals surface area (Å²) in [6.45, 7) is 0.653. The summed E-state index contributed by atoms with van der Waals surface area (Å²) >= 11 is 6.10. The Morgan fingerprint density at radius 3 is 2.44 bits per heavy atom. The van der Waals surface area contributed by atoms with Crippen LogP contribution in [-0.4, -0.2) is 40.6 Å². The van der Waals surface area contributed by atoms with E-state index in [9.17, 15) is 17.6 Å². The first-order valence-electron chi connectivity index (χ1n) is 9.04. The second kappa shape index (κ2) is 10.2. The van der Waals surface area contributed by atoms with Crippen molar-refractivity contribution in [1.82, 2.24) is 15.0 Å². The van der Waals surface area contributed by atoms with E-state index in [-0.39, 0.29) is 34.1 Å². The monoisotopic (exact) mass is 469 g/mol. The lowest BCUT2D eigenvalue weighted by atomic mass is 10.2. The minimum absolute atomic E-state index is 0.0142. The third-order valence-electron chi connectivity index (χ3n) is 3.74. The first kappa shape index (κ1) is 23.2. The van der Waals surface area contributed by atoms with Crippen molar-refractivity contribution in [2.75, 3.05) is 23.8 Å². The molecular weight excluding hydrogens is 454 g/mol. The zero-order chi connectivity index (χ0) is 23.1. The molecule has 1 aromatic heterocycles. The first-order chi connectivity index (χ1) is 15.2. The predicted molar refractivity (Wildman–Crippen MR) is 112 cm³/mol. The largest absolute Gasteiger partial charge is 0.573 e. The van der Waals surface area contributed by atoms with Crippen LogP contribution in [0.1, 0.15) is 5.56 Å². The minimum atomic E-state index is -4.77. The lowest BCUT2D eigenvalue weighted by Crippen LogP contribution is -2.17. The van der Waals surface area contributed by atoms with Gasteiger partial charge in [-0.2, -0.15) is 20.1 Å². The zero-order valence-electron chi connectivity index (χ0n) is 16.2. The van der Waals surface area contributed by atoms with Crippen molar-refractivity contribution in [3.05, 3.63) is 58.9 Å². The maximum Gasteiger partial charge on any atom is 0.573 e. The molecule has 0 aliphatic rings. The topological polar surface area (TPSA) is 110 Å². The van der Waals surface area contributed by atoms with E-state index in [1.165, 1.54) is 36.5 Å². The van der Waals surface area contributed by atoms with Crippen molar-refractivity contribution >= 4 is 29.7 Å². The van der Waals surface area contributed by atoms with Crippen molar-refractivity contribution in [1.29, 1.82) is 0 Å². The highest BCUT2D eigenvalue weighted by molar-refractivity contribution is 6.33. The van der Waals surface area contributed by atoms with Gasteiger partial charge in [0.2, 0.25) is 11.9 Å². The van der Waals surface area contributed by atoms with E-state index in [1.807, 2.05) is 0 Å². The summed E-state index contributed by atoms with van der Waals surface area (Å²) in [5, 5.41) is 6.92. The van der Waals surface area contributed by atoms with E-state index in [2.05, 4.69) is 35.5 Å². The van der Waals surface area contributed by atoms with Gasteiger partial charge in [0.05, 0.1) is 16.8 Å².